The van der Waals surface area contributed by atoms with E-state index in [1.807, 2.05) is 0 Å². The number of halogens is 2. The predicted octanol–water partition coefficient (Wildman–Crippen LogP) is 10.3. The molecule has 0 heterocycles. The van der Waals surface area contributed by atoms with Crippen molar-refractivity contribution in [2.45, 2.75) is 61.1 Å². The standard InChI is InChI=1S/C16H13.C12H19.2HI.Zr/c1-12-10-14-8-5-9-15(16(14)11-12)13-6-3-2-4-7-13;1-6-7-12-10(4)8(2)9(3)11(12)5;;;/h2-11H,1H3;6-7H2,1-5H3;2*1H;/q;;;;+2/p-2. The molecule has 2 aromatic carbocycles. The Bertz CT molecular complexity index is 1120. The average molecular weight is 714 g/mol. The van der Waals surface area contributed by atoms with E-state index in [4.69, 9.17) is 0 Å². The molecular weight excluding hydrogens is 681 g/mol. The SMILES string of the molecule is CCCC1=C(C)C(C)=C(C)[C]1(C)[Zr]([I])([I])[CH]1C(C)=Cc2c(-c3ccccc3)cccc21. The van der Waals surface area contributed by atoms with Gasteiger partial charge in [0.25, 0.3) is 0 Å². The van der Waals surface area contributed by atoms with Crippen molar-refractivity contribution in [3.63, 3.8) is 0 Å². The van der Waals surface area contributed by atoms with Crippen molar-refractivity contribution in [3.05, 3.63) is 87.5 Å². The van der Waals surface area contributed by atoms with Crippen molar-refractivity contribution < 1.29 is 11.9 Å². The zero-order valence-electron chi connectivity index (χ0n) is 19.4. The summed E-state index contributed by atoms with van der Waals surface area (Å²) < 4.78 is 0.851. The second kappa shape index (κ2) is 8.98. The molecule has 0 amide bonds. The van der Waals surface area contributed by atoms with Gasteiger partial charge in [0, 0.05) is 0 Å². The van der Waals surface area contributed by atoms with Crippen LogP contribution < -0.4 is 0 Å². The van der Waals surface area contributed by atoms with Crippen molar-refractivity contribution in [2.24, 2.45) is 0 Å². The number of fused-ring (bicyclic) bond motifs is 1. The van der Waals surface area contributed by atoms with E-state index in [9.17, 15) is 0 Å². The summed E-state index contributed by atoms with van der Waals surface area (Å²) in [7, 11) is 0. The summed E-state index contributed by atoms with van der Waals surface area (Å²) in [6, 6.07) is 17.9. The fourth-order valence-electron chi connectivity index (χ4n) is 5.81. The summed E-state index contributed by atoms with van der Waals surface area (Å²) in [6.45, 7) is 14.5. The summed E-state index contributed by atoms with van der Waals surface area (Å²) in [5.41, 5.74) is 13.8. The number of benzene rings is 2. The normalized spacial score (nSPS) is 23.5. The van der Waals surface area contributed by atoms with Gasteiger partial charge in [-0.2, -0.15) is 0 Å². The van der Waals surface area contributed by atoms with Crippen LogP contribution >= 0.6 is 36.1 Å². The fraction of sp³-hybridized carbons (Fsp3) is 0.357. The Hall–Kier alpha value is 0.00312. The fourth-order valence-corrected chi connectivity index (χ4v) is 32.3. The van der Waals surface area contributed by atoms with Crippen molar-refractivity contribution >= 4 is 42.2 Å². The van der Waals surface area contributed by atoms with Gasteiger partial charge in [0.1, 0.15) is 0 Å². The van der Waals surface area contributed by atoms with Gasteiger partial charge in [-0.25, -0.2) is 0 Å². The predicted molar refractivity (Wildman–Crippen MR) is 151 cm³/mol. The molecule has 0 aliphatic heterocycles. The summed E-state index contributed by atoms with van der Waals surface area (Å²) >= 11 is 3.16. The van der Waals surface area contributed by atoms with E-state index >= 15 is 0 Å². The Morgan fingerprint density at radius 2 is 1.58 bits per heavy atom. The van der Waals surface area contributed by atoms with Crippen LogP contribution in [0.25, 0.3) is 17.2 Å². The minimum absolute atomic E-state index is 0.254. The zero-order chi connectivity index (χ0) is 22.6. The van der Waals surface area contributed by atoms with Crippen LogP contribution in [0.4, 0.5) is 0 Å². The molecule has 2 atom stereocenters. The number of allylic oxidation sites excluding steroid dienone is 5. The molecule has 2 aliphatic carbocycles. The van der Waals surface area contributed by atoms with Crippen molar-refractivity contribution in [3.8, 4) is 11.1 Å². The number of hydrogen-bond acceptors (Lipinski definition) is 0. The molecule has 2 unspecified atom stereocenters. The quantitative estimate of drug-likeness (QED) is 0.271. The van der Waals surface area contributed by atoms with Crippen molar-refractivity contribution in [1.29, 1.82) is 0 Å². The average Bonchev–Trinajstić information content (AvgIpc) is 3.19. The van der Waals surface area contributed by atoms with E-state index in [0.29, 0.717) is 3.63 Å². The third-order valence-corrected chi connectivity index (χ3v) is 36.6. The van der Waals surface area contributed by atoms with Gasteiger partial charge in [-0.3, -0.25) is 0 Å². The minimum atomic E-state index is -2.86. The molecule has 0 saturated carbocycles. The van der Waals surface area contributed by atoms with Gasteiger partial charge in [0.2, 0.25) is 0 Å². The van der Waals surface area contributed by atoms with E-state index < -0.39 is 11.9 Å². The van der Waals surface area contributed by atoms with Gasteiger partial charge in [0.05, 0.1) is 0 Å². The summed E-state index contributed by atoms with van der Waals surface area (Å²) in [5.74, 6) is 0. The Morgan fingerprint density at radius 1 is 0.903 bits per heavy atom. The molecule has 0 spiro atoms. The Labute approximate surface area is 211 Å². The van der Waals surface area contributed by atoms with Gasteiger partial charge in [-0.05, 0) is 0 Å². The van der Waals surface area contributed by atoms with E-state index in [2.05, 4.69) is 132 Å². The van der Waals surface area contributed by atoms with Gasteiger partial charge in [-0.1, -0.05) is 0 Å². The van der Waals surface area contributed by atoms with Gasteiger partial charge in [0.15, 0.2) is 0 Å². The van der Waals surface area contributed by atoms with Gasteiger partial charge >= 0.3 is 214 Å². The molecule has 3 heteroatoms. The molecular formula is C28H32I2Zr. The molecule has 0 bridgehead atoms. The molecule has 0 N–H and O–H groups in total. The van der Waals surface area contributed by atoms with Crippen LogP contribution in [0.5, 0.6) is 0 Å². The number of rotatable bonds is 5. The molecule has 0 fully saturated rings. The van der Waals surface area contributed by atoms with Crippen LogP contribution in [0.2, 0.25) is 3.12 Å². The Balaban J connectivity index is 1.88. The first-order chi connectivity index (χ1) is 14.7. The van der Waals surface area contributed by atoms with Crippen LogP contribution in [0.3, 0.4) is 0 Å². The summed E-state index contributed by atoms with van der Waals surface area (Å²) in [4.78, 5) is 0. The van der Waals surface area contributed by atoms with Crippen molar-refractivity contribution in [2.75, 3.05) is 0 Å². The van der Waals surface area contributed by atoms with E-state index in [1.54, 1.807) is 33.4 Å². The summed E-state index contributed by atoms with van der Waals surface area (Å²) in [6.07, 6.45) is 4.96. The first-order valence-electron chi connectivity index (χ1n) is 11.3. The molecule has 2 aliphatic rings. The van der Waals surface area contributed by atoms with E-state index in [-0.39, 0.29) is 3.12 Å². The van der Waals surface area contributed by atoms with Crippen LogP contribution in [0, 0.1) is 0 Å². The molecule has 2 aromatic rings. The zero-order valence-corrected chi connectivity index (χ0v) is 26.2. The molecule has 0 aromatic heterocycles. The molecule has 0 saturated heterocycles. The molecule has 31 heavy (non-hydrogen) atoms. The molecule has 4 rings (SSSR count). The monoisotopic (exact) mass is 712 g/mol. The Kier molecular flexibility index (Phi) is 7.00. The number of hydrogen-bond donors (Lipinski definition) is 0. The van der Waals surface area contributed by atoms with Gasteiger partial charge in [-0.15, -0.1) is 0 Å². The second-order valence-corrected chi connectivity index (χ2v) is 48.6. The second-order valence-electron chi connectivity index (χ2n) is 9.35. The van der Waals surface area contributed by atoms with E-state index in [0.717, 1.165) is 0 Å². The molecule has 162 valence electrons. The van der Waals surface area contributed by atoms with Crippen LogP contribution in [0.15, 0.2) is 76.4 Å². The summed E-state index contributed by atoms with van der Waals surface area (Å²) in [5, 5.41) is 0. The third-order valence-electron chi connectivity index (χ3n) is 7.82. The van der Waals surface area contributed by atoms with Gasteiger partial charge < -0.3 is 0 Å². The van der Waals surface area contributed by atoms with Crippen molar-refractivity contribution in [1.82, 2.24) is 0 Å². The van der Waals surface area contributed by atoms with E-state index in [1.165, 1.54) is 29.5 Å². The van der Waals surface area contributed by atoms with Crippen LogP contribution in [-0.4, -0.2) is 0 Å². The molecule has 0 radical (unpaired) electrons. The maximum atomic E-state index is 3.01. The first kappa shape index (κ1) is 24.1. The maximum absolute atomic E-state index is 3.01. The topological polar surface area (TPSA) is 0 Å². The van der Waals surface area contributed by atoms with Crippen LogP contribution in [-0.2, 0) is 11.9 Å². The van der Waals surface area contributed by atoms with Crippen LogP contribution in [0.1, 0.15) is 69.1 Å². The third kappa shape index (κ3) is 3.68. The molecule has 0 nitrogen and oxygen atoms in total. The first-order valence-corrected chi connectivity index (χ1v) is 28.6. The Morgan fingerprint density at radius 3 is 2.23 bits per heavy atom.